The van der Waals surface area contributed by atoms with Gasteiger partial charge in [0.15, 0.2) is 0 Å². The Morgan fingerprint density at radius 2 is 1.89 bits per heavy atom. The summed E-state index contributed by atoms with van der Waals surface area (Å²) in [6.45, 7) is 4.88. The van der Waals surface area contributed by atoms with Crippen molar-refractivity contribution in [3.63, 3.8) is 0 Å². The van der Waals surface area contributed by atoms with E-state index in [-0.39, 0.29) is 6.61 Å². The first-order valence-electron chi connectivity index (χ1n) is 6.13. The molecule has 0 atom stereocenters. The predicted molar refractivity (Wildman–Crippen MR) is 66.8 cm³/mol. The molecule has 0 saturated carbocycles. The van der Waals surface area contributed by atoms with Crippen LogP contribution < -0.4 is 0 Å². The van der Waals surface area contributed by atoms with Crippen LogP contribution in [0.5, 0.6) is 0 Å². The lowest BCUT2D eigenvalue weighted by Gasteiger charge is -2.15. The molecule has 0 bridgehead atoms. The zero-order valence-electron chi connectivity index (χ0n) is 10.8. The van der Waals surface area contributed by atoms with Crippen LogP contribution in [0.2, 0.25) is 0 Å². The number of sulfonamides is 1. The molecule has 1 aromatic rings. The van der Waals surface area contributed by atoms with Crippen LogP contribution in [0, 0.1) is 13.8 Å². The Hall–Kier alpha value is -0.920. The molecular weight excluding hydrogens is 254 g/mol. The van der Waals surface area contributed by atoms with Crippen LogP contribution in [0.4, 0.5) is 0 Å². The Morgan fingerprint density at radius 3 is 2.44 bits per heavy atom. The fourth-order valence-corrected chi connectivity index (χ4v) is 4.31. The van der Waals surface area contributed by atoms with Crippen LogP contribution in [-0.4, -0.2) is 47.3 Å². The molecule has 1 aliphatic heterocycles. The van der Waals surface area contributed by atoms with E-state index in [9.17, 15) is 8.42 Å². The Morgan fingerprint density at radius 1 is 1.28 bits per heavy atom. The number of nitrogens with zero attached hydrogens (tertiary/aromatic N) is 3. The maximum absolute atomic E-state index is 12.5. The minimum absolute atomic E-state index is 0.0504. The summed E-state index contributed by atoms with van der Waals surface area (Å²) in [4.78, 5) is 0.304. The molecule has 1 aliphatic rings. The largest absolute Gasteiger partial charge is 0.394 e. The van der Waals surface area contributed by atoms with Crippen molar-refractivity contribution in [3.8, 4) is 0 Å². The molecule has 1 fully saturated rings. The maximum atomic E-state index is 12.5. The summed E-state index contributed by atoms with van der Waals surface area (Å²) >= 11 is 0. The summed E-state index contributed by atoms with van der Waals surface area (Å²) in [5.74, 6) is 0. The van der Waals surface area contributed by atoms with Crippen molar-refractivity contribution in [1.82, 2.24) is 14.1 Å². The second-order valence-corrected chi connectivity index (χ2v) is 6.43. The van der Waals surface area contributed by atoms with Crippen molar-refractivity contribution in [2.24, 2.45) is 0 Å². The van der Waals surface area contributed by atoms with Gasteiger partial charge in [0, 0.05) is 13.1 Å². The summed E-state index contributed by atoms with van der Waals surface area (Å²) in [5.41, 5.74) is 1.11. The molecule has 0 amide bonds. The number of aromatic nitrogens is 2. The van der Waals surface area contributed by atoms with Gasteiger partial charge in [-0.1, -0.05) is 0 Å². The Balaban J connectivity index is 2.44. The van der Waals surface area contributed by atoms with Gasteiger partial charge in [0.05, 0.1) is 24.5 Å². The first-order valence-corrected chi connectivity index (χ1v) is 7.57. The second-order valence-electron chi connectivity index (χ2n) is 4.56. The van der Waals surface area contributed by atoms with Gasteiger partial charge in [0.2, 0.25) is 10.0 Å². The molecule has 0 spiro atoms. The van der Waals surface area contributed by atoms with Gasteiger partial charge < -0.3 is 5.11 Å². The molecule has 0 radical (unpaired) electrons. The third kappa shape index (κ3) is 2.17. The van der Waals surface area contributed by atoms with E-state index in [0.29, 0.717) is 35.9 Å². The van der Waals surface area contributed by atoms with Crippen molar-refractivity contribution < 1.29 is 13.5 Å². The number of aliphatic hydroxyl groups excluding tert-OH is 1. The molecule has 1 aromatic heterocycles. The zero-order valence-corrected chi connectivity index (χ0v) is 11.6. The molecule has 6 nitrogen and oxygen atoms in total. The molecule has 18 heavy (non-hydrogen) atoms. The van der Waals surface area contributed by atoms with Crippen molar-refractivity contribution in [2.75, 3.05) is 19.7 Å². The monoisotopic (exact) mass is 273 g/mol. The van der Waals surface area contributed by atoms with E-state index in [1.54, 1.807) is 18.5 Å². The smallest absolute Gasteiger partial charge is 0.246 e. The van der Waals surface area contributed by atoms with E-state index >= 15 is 0 Å². The maximum Gasteiger partial charge on any atom is 0.246 e. The summed E-state index contributed by atoms with van der Waals surface area (Å²) in [6, 6.07) is 0. The lowest BCUT2D eigenvalue weighted by molar-refractivity contribution is 0.267. The van der Waals surface area contributed by atoms with Crippen LogP contribution >= 0.6 is 0 Å². The van der Waals surface area contributed by atoms with Crippen LogP contribution in [0.15, 0.2) is 4.90 Å². The van der Waals surface area contributed by atoms with Crippen molar-refractivity contribution in [2.45, 2.75) is 38.1 Å². The van der Waals surface area contributed by atoms with Crippen LogP contribution in [0.3, 0.4) is 0 Å². The topological polar surface area (TPSA) is 75.4 Å². The standard InChI is InChI=1S/C11H19N3O3S/c1-9-11(10(2)14(12-9)7-8-15)18(16,17)13-5-3-4-6-13/h15H,3-8H2,1-2H3. The van der Waals surface area contributed by atoms with E-state index in [2.05, 4.69) is 5.10 Å². The van der Waals surface area contributed by atoms with Gasteiger partial charge in [-0.15, -0.1) is 0 Å². The summed E-state index contributed by atoms with van der Waals surface area (Å²) in [5, 5.41) is 13.1. The van der Waals surface area contributed by atoms with Crippen molar-refractivity contribution in [1.29, 1.82) is 0 Å². The molecule has 2 heterocycles. The Labute approximate surface area is 107 Å². The third-order valence-corrected chi connectivity index (χ3v) is 5.44. The quantitative estimate of drug-likeness (QED) is 0.855. The van der Waals surface area contributed by atoms with Gasteiger partial charge in [-0.3, -0.25) is 4.68 Å². The normalized spacial score (nSPS) is 17.5. The van der Waals surface area contributed by atoms with E-state index in [0.717, 1.165) is 12.8 Å². The Bertz CT molecular complexity index is 530. The first kappa shape index (κ1) is 13.5. The molecular formula is C11H19N3O3S. The van der Waals surface area contributed by atoms with Gasteiger partial charge in [-0.25, -0.2) is 8.42 Å². The SMILES string of the molecule is Cc1nn(CCO)c(C)c1S(=O)(=O)N1CCCC1. The third-order valence-electron chi connectivity index (χ3n) is 3.29. The highest BCUT2D eigenvalue weighted by Gasteiger charge is 2.32. The zero-order chi connectivity index (χ0) is 13.3. The van der Waals surface area contributed by atoms with E-state index in [1.807, 2.05) is 0 Å². The number of aliphatic hydroxyl groups is 1. The molecule has 1 saturated heterocycles. The van der Waals surface area contributed by atoms with Gasteiger partial charge >= 0.3 is 0 Å². The lowest BCUT2D eigenvalue weighted by Crippen LogP contribution is -2.28. The predicted octanol–water partition coefficient (Wildman–Crippen LogP) is 0.277. The van der Waals surface area contributed by atoms with Crippen molar-refractivity contribution in [3.05, 3.63) is 11.4 Å². The van der Waals surface area contributed by atoms with Gasteiger partial charge in [-0.2, -0.15) is 9.40 Å². The van der Waals surface area contributed by atoms with Gasteiger partial charge in [-0.05, 0) is 26.7 Å². The highest BCUT2D eigenvalue weighted by Crippen LogP contribution is 2.26. The molecule has 1 N–H and O–H groups in total. The average molecular weight is 273 g/mol. The molecule has 2 rings (SSSR count). The second kappa shape index (κ2) is 4.99. The lowest BCUT2D eigenvalue weighted by atomic mass is 10.4. The minimum Gasteiger partial charge on any atom is -0.394 e. The number of hydrogen-bond donors (Lipinski definition) is 1. The number of hydrogen-bond acceptors (Lipinski definition) is 4. The highest BCUT2D eigenvalue weighted by atomic mass is 32.2. The van der Waals surface area contributed by atoms with Crippen LogP contribution in [0.1, 0.15) is 24.2 Å². The number of rotatable bonds is 4. The molecule has 7 heteroatoms. The summed E-state index contributed by atoms with van der Waals surface area (Å²) < 4.78 is 28.1. The minimum atomic E-state index is -3.43. The average Bonchev–Trinajstić information content (AvgIpc) is 2.89. The fraction of sp³-hybridized carbons (Fsp3) is 0.727. The van der Waals surface area contributed by atoms with Crippen LogP contribution in [-0.2, 0) is 16.6 Å². The molecule has 0 aliphatic carbocycles. The summed E-state index contributed by atoms with van der Waals surface area (Å²) in [6.07, 6.45) is 1.84. The van der Waals surface area contributed by atoms with E-state index in [1.165, 1.54) is 4.31 Å². The van der Waals surface area contributed by atoms with Crippen molar-refractivity contribution >= 4 is 10.0 Å². The molecule has 102 valence electrons. The fourth-order valence-electron chi connectivity index (χ4n) is 2.42. The van der Waals surface area contributed by atoms with Gasteiger partial charge in [0.1, 0.15) is 4.90 Å². The molecule has 0 aromatic carbocycles. The van der Waals surface area contributed by atoms with E-state index in [4.69, 9.17) is 5.11 Å². The number of aryl methyl sites for hydroxylation is 1. The Kier molecular flexibility index (Phi) is 3.74. The first-order chi connectivity index (χ1) is 8.48. The van der Waals surface area contributed by atoms with E-state index < -0.39 is 10.0 Å². The molecule has 0 unspecified atom stereocenters. The van der Waals surface area contributed by atoms with Gasteiger partial charge in [0.25, 0.3) is 0 Å². The van der Waals surface area contributed by atoms with Crippen LogP contribution in [0.25, 0.3) is 0 Å². The summed E-state index contributed by atoms with van der Waals surface area (Å²) in [7, 11) is -3.43. The highest BCUT2D eigenvalue weighted by molar-refractivity contribution is 7.89.